The van der Waals surface area contributed by atoms with Gasteiger partial charge in [-0.25, -0.2) is 0 Å². The Balaban J connectivity index is 0.00000163. The molecule has 2 aromatic rings. The minimum absolute atomic E-state index is 0.0811. The maximum Gasteiger partial charge on any atom is 0.207 e. The van der Waals surface area contributed by atoms with Crippen molar-refractivity contribution >= 4 is 29.4 Å². The van der Waals surface area contributed by atoms with E-state index in [-0.39, 0.29) is 5.75 Å². The highest BCUT2D eigenvalue weighted by atomic mass is 35.5. The predicted octanol–water partition coefficient (Wildman–Crippen LogP) is 5.58. The van der Waals surface area contributed by atoms with Gasteiger partial charge in [0, 0.05) is 17.9 Å². The Morgan fingerprint density at radius 1 is 1.08 bits per heavy atom. The SMILES string of the molecule is CC.Cc1cc(CCCCCNC=O)ccc1Nc1ccc(O)c(Cl)c1. The fraction of sp³-hybridized carbons (Fsp3) is 0.381. The molecule has 0 saturated carbocycles. The van der Waals surface area contributed by atoms with Crippen molar-refractivity contribution in [2.45, 2.75) is 46.5 Å². The molecule has 0 fully saturated rings. The van der Waals surface area contributed by atoms with E-state index in [9.17, 15) is 9.90 Å². The van der Waals surface area contributed by atoms with Crippen LogP contribution in [0.3, 0.4) is 0 Å². The second-order valence-corrected chi connectivity index (χ2v) is 6.23. The molecule has 0 aliphatic carbocycles. The summed E-state index contributed by atoms with van der Waals surface area (Å²) in [6.45, 7) is 6.82. The van der Waals surface area contributed by atoms with Gasteiger partial charge in [-0.05, 0) is 61.6 Å². The molecule has 0 spiro atoms. The van der Waals surface area contributed by atoms with E-state index >= 15 is 0 Å². The summed E-state index contributed by atoms with van der Waals surface area (Å²) in [7, 11) is 0. The molecule has 0 bridgehead atoms. The maximum atomic E-state index is 10.2. The van der Waals surface area contributed by atoms with E-state index < -0.39 is 0 Å². The number of hydrogen-bond acceptors (Lipinski definition) is 3. The first-order valence-corrected chi connectivity index (χ1v) is 9.50. The van der Waals surface area contributed by atoms with Crippen LogP contribution in [0.25, 0.3) is 0 Å². The van der Waals surface area contributed by atoms with Gasteiger partial charge in [0.25, 0.3) is 0 Å². The molecule has 0 unspecified atom stereocenters. The van der Waals surface area contributed by atoms with Crippen molar-refractivity contribution in [1.82, 2.24) is 5.32 Å². The number of amides is 1. The first-order valence-electron chi connectivity index (χ1n) is 9.12. The zero-order valence-corrected chi connectivity index (χ0v) is 16.6. The largest absolute Gasteiger partial charge is 0.506 e. The molecule has 2 aromatic carbocycles. The third-order valence-electron chi connectivity index (χ3n) is 3.89. The van der Waals surface area contributed by atoms with E-state index in [1.165, 1.54) is 11.1 Å². The van der Waals surface area contributed by atoms with E-state index in [2.05, 4.69) is 35.8 Å². The number of benzene rings is 2. The number of phenols is 1. The lowest BCUT2D eigenvalue weighted by atomic mass is 10.0. The van der Waals surface area contributed by atoms with Gasteiger partial charge in [-0.2, -0.15) is 0 Å². The molecule has 0 saturated heterocycles. The highest BCUT2D eigenvalue weighted by Crippen LogP contribution is 2.29. The lowest BCUT2D eigenvalue weighted by molar-refractivity contribution is -0.109. The van der Waals surface area contributed by atoms with Crippen LogP contribution in [0.2, 0.25) is 5.02 Å². The molecule has 0 atom stereocenters. The van der Waals surface area contributed by atoms with Crippen LogP contribution in [0.4, 0.5) is 11.4 Å². The van der Waals surface area contributed by atoms with Gasteiger partial charge < -0.3 is 15.7 Å². The molecule has 3 N–H and O–H groups in total. The minimum Gasteiger partial charge on any atom is -0.506 e. The highest BCUT2D eigenvalue weighted by molar-refractivity contribution is 6.32. The Kier molecular flexibility index (Phi) is 10.3. The first-order chi connectivity index (χ1) is 12.6. The van der Waals surface area contributed by atoms with Crippen LogP contribution in [0, 0.1) is 6.92 Å². The van der Waals surface area contributed by atoms with Crippen molar-refractivity contribution in [3.63, 3.8) is 0 Å². The number of anilines is 2. The van der Waals surface area contributed by atoms with Gasteiger partial charge in [-0.3, -0.25) is 4.79 Å². The van der Waals surface area contributed by atoms with E-state index in [1.54, 1.807) is 18.2 Å². The number of aromatic hydroxyl groups is 1. The van der Waals surface area contributed by atoms with Gasteiger partial charge in [0.2, 0.25) is 6.41 Å². The normalized spacial score (nSPS) is 9.85. The van der Waals surface area contributed by atoms with Crippen LogP contribution >= 0.6 is 11.6 Å². The number of carbonyl (C=O) groups is 1. The van der Waals surface area contributed by atoms with Gasteiger partial charge in [-0.1, -0.05) is 44.0 Å². The summed E-state index contributed by atoms with van der Waals surface area (Å²) < 4.78 is 0. The summed E-state index contributed by atoms with van der Waals surface area (Å²) in [5, 5.41) is 15.8. The van der Waals surface area contributed by atoms with Gasteiger partial charge in [0.05, 0.1) is 5.02 Å². The molecule has 0 radical (unpaired) electrons. The smallest absolute Gasteiger partial charge is 0.207 e. The number of carbonyl (C=O) groups excluding carboxylic acids is 1. The summed E-state index contributed by atoms with van der Waals surface area (Å²) in [5.41, 5.74) is 4.34. The molecule has 0 aliphatic heterocycles. The monoisotopic (exact) mass is 376 g/mol. The maximum absolute atomic E-state index is 10.2. The van der Waals surface area contributed by atoms with E-state index in [0.29, 0.717) is 5.02 Å². The molecule has 2 rings (SSSR count). The third kappa shape index (κ3) is 7.36. The Bertz CT molecular complexity index is 690. The summed E-state index contributed by atoms with van der Waals surface area (Å²) >= 11 is 5.93. The molecule has 5 heteroatoms. The summed E-state index contributed by atoms with van der Waals surface area (Å²) in [5.74, 6) is 0.0811. The van der Waals surface area contributed by atoms with Crippen molar-refractivity contribution in [3.8, 4) is 5.75 Å². The standard InChI is InChI=1S/C19H23ClN2O2.C2H6/c1-14-11-15(5-3-2-4-10-21-13-23)6-8-18(14)22-16-7-9-19(24)17(20)12-16;1-2/h6-9,11-13,22,24H,2-5,10H2,1H3,(H,21,23);1-2H3. The van der Waals surface area contributed by atoms with Crippen molar-refractivity contribution in [1.29, 1.82) is 0 Å². The number of nitrogens with one attached hydrogen (secondary N) is 2. The molecule has 1 amide bonds. The number of aryl methyl sites for hydroxylation is 2. The van der Waals surface area contributed by atoms with E-state index in [1.807, 2.05) is 13.8 Å². The summed E-state index contributed by atoms with van der Waals surface area (Å²) in [6.07, 6.45) is 5.01. The average molecular weight is 377 g/mol. The fourth-order valence-corrected chi connectivity index (χ4v) is 2.73. The number of phenolic OH excluding ortho intramolecular Hbond substituents is 1. The number of halogens is 1. The van der Waals surface area contributed by atoms with Crippen molar-refractivity contribution in [2.24, 2.45) is 0 Å². The topological polar surface area (TPSA) is 61.4 Å². The molecular weight excluding hydrogens is 348 g/mol. The van der Waals surface area contributed by atoms with Gasteiger partial charge in [0.15, 0.2) is 0 Å². The predicted molar refractivity (Wildman–Crippen MR) is 111 cm³/mol. The van der Waals surface area contributed by atoms with Crippen molar-refractivity contribution in [3.05, 3.63) is 52.5 Å². The Morgan fingerprint density at radius 3 is 2.50 bits per heavy atom. The van der Waals surface area contributed by atoms with Crippen molar-refractivity contribution in [2.75, 3.05) is 11.9 Å². The number of unbranched alkanes of at least 4 members (excludes halogenated alkanes) is 2. The zero-order chi connectivity index (χ0) is 19.4. The quantitative estimate of drug-likeness (QED) is 0.304. The number of rotatable bonds is 9. The molecule has 0 aliphatic rings. The van der Waals surface area contributed by atoms with Crippen LogP contribution in [0.1, 0.15) is 44.2 Å². The van der Waals surface area contributed by atoms with Gasteiger partial charge >= 0.3 is 0 Å². The summed E-state index contributed by atoms with van der Waals surface area (Å²) in [4.78, 5) is 10.2. The molecule has 0 aromatic heterocycles. The highest BCUT2D eigenvalue weighted by Gasteiger charge is 2.04. The van der Waals surface area contributed by atoms with Crippen LogP contribution < -0.4 is 10.6 Å². The van der Waals surface area contributed by atoms with Crippen molar-refractivity contribution < 1.29 is 9.90 Å². The molecule has 0 heterocycles. The zero-order valence-electron chi connectivity index (χ0n) is 15.8. The van der Waals surface area contributed by atoms with Crippen LogP contribution in [-0.4, -0.2) is 18.1 Å². The molecule has 26 heavy (non-hydrogen) atoms. The lowest BCUT2D eigenvalue weighted by Gasteiger charge is -2.12. The Hall–Kier alpha value is -2.20. The summed E-state index contributed by atoms with van der Waals surface area (Å²) in [6, 6.07) is 11.5. The van der Waals surface area contributed by atoms with E-state index in [4.69, 9.17) is 11.6 Å². The lowest BCUT2D eigenvalue weighted by Crippen LogP contribution is -2.11. The second-order valence-electron chi connectivity index (χ2n) is 5.82. The van der Waals surface area contributed by atoms with Gasteiger partial charge in [0.1, 0.15) is 5.75 Å². The van der Waals surface area contributed by atoms with Gasteiger partial charge in [-0.15, -0.1) is 0 Å². The number of hydrogen-bond donors (Lipinski definition) is 3. The Labute approximate surface area is 161 Å². The van der Waals surface area contributed by atoms with Crippen LogP contribution in [0.15, 0.2) is 36.4 Å². The van der Waals surface area contributed by atoms with E-state index in [0.717, 1.165) is 50.0 Å². The second kappa shape index (κ2) is 12.2. The molecule has 4 nitrogen and oxygen atoms in total. The minimum atomic E-state index is 0.0811. The molecular formula is C21H29ClN2O2. The fourth-order valence-electron chi connectivity index (χ4n) is 2.55. The average Bonchev–Trinajstić information content (AvgIpc) is 2.65. The van der Waals surface area contributed by atoms with Crippen LogP contribution in [0.5, 0.6) is 5.75 Å². The van der Waals surface area contributed by atoms with Crippen LogP contribution in [-0.2, 0) is 11.2 Å². The first kappa shape index (κ1) is 21.8. The third-order valence-corrected chi connectivity index (χ3v) is 4.19. The molecule has 142 valence electrons. The Morgan fingerprint density at radius 2 is 1.85 bits per heavy atom.